The summed E-state index contributed by atoms with van der Waals surface area (Å²) in [5, 5.41) is 14.2. The maximum Gasteiger partial charge on any atom is 0.140 e. The fourth-order valence-corrected chi connectivity index (χ4v) is 0. The predicted molar refractivity (Wildman–Crippen MR) is 12.9 cm³/mol. The molecule has 0 heterocycles. The zero-order chi connectivity index (χ0) is 2.71. The fourth-order valence-electron chi connectivity index (χ4n) is 0. The van der Waals surface area contributed by atoms with Gasteiger partial charge in [0.25, 0.3) is 0 Å². The van der Waals surface area contributed by atoms with Crippen LogP contribution in [-0.4, -0.2) is 22.5 Å². The smallest absolute Gasteiger partial charge is 0.140 e. The van der Waals surface area contributed by atoms with Gasteiger partial charge in [0.2, 0.25) is 0 Å². The van der Waals surface area contributed by atoms with E-state index < -0.39 is 6.79 Å². The number of hydrogen-bond donors (Lipinski definition) is 2. The molecular weight excluding hydrogens is 60.0 g/mol. The summed E-state index contributed by atoms with van der Waals surface area (Å²) in [6.45, 7) is -0.750. The molecule has 4 heavy (non-hydrogen) atoms. The molecule has 0 bridgehead atoms. The number of aliphatic hydroxyl groups excluding tert-OH is 1. The van der Waals surface area contributed by atoms with E-state index in [-0.39, 0.29) is 5.48 Å². The predicted octanol–water partition coefficient (Wildman–Crippen LogP) is -1.90. The quantitative estimate of drug-likeness (QED) is 0.324. The van der Waals surface area contributed by atoms with Gasteiger partial charge in [-0.15, -0.1) is 0 Å². The van der Waals surface area contributed by atoms with E-state index in [1.807, 2.05) is 0 Å². The molecule has 0 saturated heterocycles. The zero-order valence-corrected chi connectivity index (χ0v) is 2.10. The average Bonchev–Trinajstić information content (AvgIpc) is 0.918. The van der Waals surface area contributed by atoms with Crippen molar-refractivity contribution in [2.24, 2.45) is 0 Å². The van der Waals surface area contributed by atoms with Crippen LogP contribution in [0, 0.1) is 0 Å². The minimum atomic E-state index is -0.750. The van der Waals surface area contributed by atoms with Gasteiger partial charge in [-0.3, -0.25) is 0 Å². The molecule has 0 atom stereocenters. The fraction of sp³-hybridized carbons (Fsp3) is 1.00. The second-order valence-electron chi connectivity index (χ2n) is 0.141. The van der Waals surface area contributed by atoms with E-state index in [4.69, 9.17) is 10.2 Å². The highest BCUT2D eigenvalue weighted by Crippen LogP contribution is 1.17. The van der Waals surface area contributed by atoms with Gasteiger partial charge in [0.15, 0.2) is 0 Å². The highest BCUT2D eigenvalue weighted by molar-refractivity contribution is 3.50. The van der Waals surface area contributed by atoms with Gasteiger partial charge in [-0.1, -0.05) is 0 Å². The molecule has 0 fully saturated rings. The van der Waals surface area contributed by atoms with Gasteiger partial charge in [-0.25, -0.2) is 0 Å². The van der Waals surface area contributed by atoms with E-state index in [0.717, 1.165) is 0 Å². The molecule has 0 aromatic heterocycles. The molecule has 0 saturated carbocycles. The third kappa shape index (κ3) is 101. The molecular formula is CH6O3. The number of hydrogen-bond acceptors (Lipinski definition) is 2. The molecule has 0 amide bonds. The van der Waals surface area contributed by atoms with Crippen molar-refractivity contribution in [3.05, 3.63) is 0 Å². The Bertz CT molecular complexity index is 3.25. The third-order valence-corrected chi connectivity index (χ3v) is 0. The Hall–Kier alpha value is -0.120. The van der Waals surface area contributed by atoms with Gasteiger partial charge in [-0.2, -0.15) is 0 Å². The molecule has 0 aliphatic rings. The minimum Gasteiger partial charge on any atom is -0.412 e. The summed E-state index contributed by atoms with van der Waals surface area (Å²) in [5.41, 5.74) is 0. The lowest BCUT2D eigenvalue weighted by Crippen LogP contribution is -1.66. The lowest BCUT2D eigenvalue weighted by atomic mass is 11.6. The molecule has 0 radical (unpaired) electrons. The summed E-state index contributed by atoms with van der Waals surface area (Å²) in [6, 6.07) is 0. The largest absolute Gasteiger partial charge is 0.412 e. The van der Waals surface area contributed by atoms with E-state index in [1.165, 1.54) is 0 Å². The van der Waals surface area contributed by atoms with Crippen LogP contribution in [0.25, 0.3) is 0 Å². The highest BCUT2D eigenvalue weighted by Gasteiger charge is 1.32. The van der Waals surface area contributed by atoms with Crippen LogP contribution in [0.3, 0.4) is 0 Å². The Kier molecular flexibility index (Phi) is 29.9. The summed E-state index contributed by atoms with van der Waals surface area (Å²) in [7, 11) is 0. The van der Waals surface area contributed by atoms with Crippen molar-refractivity contribution in [3.63, 3.8) is 0 Å². The first-order valence-corrected chi connectivity index (χ1v) is 0.632. The third-order valence-electron chi connectivity index (χ3n) is 0. The molecule has 0 aliphatic heterocycles. The molecule has 3 heteroatoms. The van der Waals surface area contributed by atoms with E-state index in [0.29, 0.717) is 0 Å². The molecule has 0 unspecified atom stereocenters. The summed E-state index contributed by atoms with van der Waals surface area (Å²) >= 11 is 0. The Balaban J connectivity index is 0. The van der Waals surface area contributed by atoms with Crippen LogP contribution in [0.5, 0.6) is 0 Å². The molecule has 0 aliphatic carbocycles. The van der Waals surface area contributed by atoms with Crippen LogP contribution in [0.15, 0.2) is 0 Å². The van der Waals surface area contributed by atoms with Crippen molar-refractivity contribution in [1.29, 1.82) is 0 Å². The van der Waals surface area contributed by atoms with Crippen LogP contribution in [0.4, 0.5) is 0 Å². The van der Waals surface area contributed by atoms with Gasteiger partial charge in [-0.05, 0) is 0 Å². The summed E-state index contributed by atoms with van der Waals surface area (Å²) in [6.07, 6.45) is 0. The zero-order valence-electron chi connectivity index (χ0n) is 2.10. The van der Waals surface area contributed by atoms with Gasteiger partial charge in [0, 0.05) is 0 Å². The lowest BCUT2D eigenvalue weighted by molar-refractivity contribution is 0.0773. The minimum absolute atomic E-state index is 0. The first-order valence-electron chi connectivity index (χ1n) is 0.632. The first kappa shape index (κ1) is 9.11. The van der Waals surface area contributed by atoms with Gasteiger partial charge >= 0.3 is 0 Å². The lowest BCUT2D eigenvalue weighted by Gasteiger charge is -1.55. The Morgan fingerprint density at radius 2 is 1.25 bits per heavy atom. The summed E-state index contributed by atoms with van der Waals surface area (Å²) in [4.78, 5) is 0. The second-order valence-corrected chi connectivity index (χ2v) is 0.141. The van der Waals surface area contributed by atoms with Crippen molar-refractivity contribution < 1.29 is 15.7 Å². The first-order chi connectivity index (χ1) is 1.41. The monoisotopic (exact) mass is 66.0 g/mol. The maximum atomic E-state index is 7.12. The van der Waals surface area contributed by atoms with Crippen molar-refractivity contribution >= 4 is 0 Å². The van der Waals surface area contributed by atoms with E-state index in [1.54, 1.807) is 0 Å². The van der Waals surface area contributed by atoms with Gasteiger partial charge in [0.05, 0.1) is 0 Å². The van der Waals surface area contributed by atoms with Crippen LogP contribution in [0.2, 0.25) is 0 Å². The maximum absolute atomic E-state index is 7.12. The SMILES string of the molecule is O.OCO. The molecule has 0 aromatic carbocycles. The van der Waals surface area contributed by atoms with Crippen molar-refractivity contribution in [2.45, 2.75) is 0 Å². The Morgan fingerprint density at radius 1 is 1.25 bits per heavy atom. The van der Waals surface area contributed by atoms with Gasteiger partial charge < -0.3 is 15.7 Å². The summed E-state index contributed by atoms with van der Waals surface area (Å²) < 4.78 is 0. The molecule has 0 spiro atoms. The van der Waals surface area contributed by atoms with Crippen LogP contribution < -0.4 is 0 Å². The van der Waals surface area contributed by atoms with E-state index >= 15 is 0 Å². The van der Waals surface area contributed by atoms with Crippen LogP contribution >= 0.6 is 0 Å². The highest BCUT2D eigenvalue weighted by atomic mass is 16.5. The number of aliphatic hydroxyl groups is 2. The summed E-state index contributed by atoms with van der Waals surface area (Å²) in [5.74, 6) is 0. The molecule has 4 N–H and O–H groups in total. The Morgan fingerprint density at radius 3 is 1.25 bits per heavy atom. The van der Waals surface area contributed by atoms with Gasteiger partial charge in [0.1, 0.15) is 6.79 Å². The normalized spacial score (nSPS) is 4.50. The molecule has 0 rings (SSSR count). The van der Waals surface area contributed by atoms with Crippen LogP contribution in [0.1, 0.15) is 0 Å². The topological polar surface area (TPSA) is 72.0 Å². The molecule has 0 aromatic rings. The van der Waals surface area contributed by atoms with Crippen molar-refractivity contribution in [3.8, 4) is 0 Å². The molecule has 28 valence electrons. The van der Waals surface area contributed by atoms with E-state index in [9.17, 15) is 0 Å². The standard InChI is InChI=1S/CH4O2.H2O/c2-1-3;/h2-3H,1H2;1H2. The number of rotatable bonds is 0. The Labute approximate surface area is 23.8 Å². The van der Waals surface area contributed by atoms with E-state index in [2.05, 4.69) is 0 Å². The van der Waals surface area contributed by atoms with Crippen LogP contribution in [-0.2, 0) is 0 Å². The molecule has 3 nitrogen and oxygen atoms in total. The van der Waals surface area contributed by atoms with Crippen molar-refractivity contribution in [2.75, 3.05) is 6.79 Å². The second kappa shape index (κ2) is 13.1. The average molecular weight is 66.1 g/mol. The van der Waals surface area contributed by atoms with Crippen molar-refractivity contribution in [1.82, 2.24) is 0 Å².